The average Bonchev–Trinajstić information content (AvgIpc) is 2.45. The molecule has 1 heterocycles. The van der Waals surface area contributed by atoms with Gasteiger partial charge in [-0.15, -0.1) is 0 Å². The molecule has 2 heteroatoms. The van der Waals surface area contributed by atoms with E-state index in [-0.39, 0.29) is 0 Å². The van der Waals surface area contributed by atoms with E-state index in [0.717, 1.165) is 12.5 Å². The number of nitrogens with zero attached hydrogens (tertiary/aromatic N) is 1. The van der Waals surface area contributed by atoms with Crippen LogP contribution in [-0.4, -0.2) is 31.1 Å². The molecule has 118 valence electrons. The first-order valence-electron chi connectivity index (χ1n) is 8.59. The highest BCUT2D eigenvalue weighted by atomic mass is 15.1. The molecule has 0 aliphatic carbocycles. The minimum Gasteiger partial charge on any atom is -0.310 e. The van der Waals surface area contributed by atoms with Crippen LogP contribution >= 0.6 is 0 Å². The molecule has 2 nitrogen and oxygen atoms in total. The lowest BCUT2D eigenvalue weighted by molar-refractivity contribution is 0.190. The molecule has 0 amide bonds. The van der Waals surface area contributed by atoms with Crippen LogP contribution in [0.5, 0.6) is 0 Å². The zero-order valence-electron chi connectivity index (χ0n) is 14.3. The molecular weight excluding hydrogens is 256 g/mol. The summed E-state index contributed by atoms with van der Waals surface area (Å²) in [6.07, 6.45) is 4.02. The van der Waals surface area contributed by atoms with Gasteiger partial charge in [-0.05, 0) is 83.3 Å². The van der Waals surface area contributed by atoms with Crippen molar-refractivity contribution in [1.82, 2.24) is 10.2 Å². The van der Waals surface area contributed by atoms with E-state index in [1.807, 2.05) is 0 Å². The molecule has 0 saturated carbocycles. The van der Waals surface area contributed by atoms with E-state index >= 15 is 0 Å². The molecule has 1 aromatic rings. The van der Waals surface area contributed by atoms with E-state index < -0.39 is 0 Å². The van der Waals surface area contributed by atoms with Gasteiger partial charge in [0, 0.05) is 6.04 Å². The number of rotatable bonds is 6. The quantitative estimate of drug-likeness (QED) is 0.794. The largest absolute Gasteiger partial charge is 0.310 e. The van der Waals surface area contributed by atoms with Crippen molar-refractivity contribution in [2.24, 2.45) is 5.92 Å². The Morgan fingerprint density at radius 1 is 1.24 bits per heavy atom. The van der Waals surface area contributed by atoms with Crippen LogP contribution in [0.15, 0.2) is 18.2 Å². The third-order valence-corrected chi connectivity index (χ3v) is 4.87. The fraction of sp³-hybridized carbons (Fsp3) is 0.684. The Labute approximate surface area is 130 Å². The van der Waals surface area contributed by atoms with Crippen LogP contribution in [0, 0.1) is 19.8 Å². The minimum atomic E-state index is 0.451. The molecular formula is C19H32N2. The third kappa shape index (κ3) is 5.12. The van der Waals surface area contributed by atoms with Gasteiger partial charge in [0.25, 0.3) is 0 Å². The van der Waals surface area contributed by atoms with E-state index in [9.17, 15) is 0 Å². The van der Waals surface area contributed by atoms with Gasteiger partial charge in [0.15, 0.2) is 0 Å². The van der Waals surface area contributed by atoms with Crippen LogP contribution in [0.2, 0.25) is 0 Å². The fourth-order valence-electron chi connectivity index (χ4n) is 3.33. The molecule has 0 bridgehead atoms. The zero-order valence-corrected chi connectivity index (χ0v) is 14.3. The van der Waals surface area contributed by atoms with Crippen LogP contribution in [-0.2, 0) is 0 Å². The number of benzene rings is 1. The Hall–Kier alpha value is -0.860. The van der Waals surface area contributed by atoms with Crippen molar-refractivity contribution in [2.75, 3.05) is 26.2 Å². The van der Waals surface area contributed by atoms with Gasteiger partial charge in [-0.1, -0.05) is 30.7 Å². The SMILES string of the molecule is Cc1ccc(C(C)NCCCN2CCC(C)CC2)c(C)c1. The maximum absolute atomic E-state index is 3.68. The van der Waals surface area contributed by atoms with Crippen LogP contribution < -0.4 is 5.32 Å². The van der Waals surface area contributed by atoms with Gasteiger partial charge in [0.05, 0.1) is 0 Å². The lowest BCUT2D eigenvalue weighted by atomic mass is 9.99. The second kappa shape index (κ2) is 7.95. The van der Waals surface area contributed by atoms with Gasteiger partial charge in [-0.2, -0.15) is 0 Å². The Kier molecular flexibility index (Phi) is 6.25. The third-order valence-electron chi connectivity index (χ3n) is 4.87. The van der Waals surface area contributed by atoms with Gasteiger partial charge >= 0.3 is 0 Å². The van der Waals surface area contributed by atoms with Crippen LogP contribution in [0.4, 0.5) is 0 Å². The summed E-state index contributed by atoms with van der Waals surface area (Å²) in [4.78, 5) is 2.63. The number of piperidine rings is 1. The van der Waals surface area contributed by atoms with E-state index in [4.69, 9.17) is 0 Å². The smallest absolute Gasteiger partial charge is 0.0294 e. The number of hydrogen-bond donors (Lipinski definition) is 1. The van der Waals surface area contributed by atoms with Crippen molar-refractivity contribution in [2.45, 2.75) is 53.0 Å². The van der Waals surface area contributed by atoms with Gasteiger partial charge < -0.3 is 10.2 Å². The number of aryl methyl sites for hydroxylation is 2. The molecule has 0 aromatic heterocycles. The fourth-order valence-corrected chi connectivity index (χ4v) is 3.33. The van der Waals surface area contributed by atoms with Crippen LogP contribution in [0.3, 0.4) is 0 Å². The maximum Gasteiger partial charge on any atom is 0.0294 e. The Morgan fingerprint density at radius 3 is 2.62 bits per heavy atom. The first-order chi connectivity index (χ1) is 10.1. The maximum atomic E-state index is 3.68. The molecule has 21 heavy (non-hydrogen) atoms. The highest BCUT2D eigenvalue weighted by Gasteiger charge is 2.15. The first kappa shape index (κ1) is 16.5. The lowest BCUT2D eigenvalue weighted by Gasteiger charge is -2.30. The molecule has 1 fully saturated rings. The molecule has 2 rings (SSSR count). The monoisotopic (exact) mass is 288 g/mol. The first-order valence-corrected chi connectivity index (χ1v) is 8.59. The van der Waals surface area contributed by atoms with E-state index in [2.05, 4.69) is 56.1 Å². The molecule has 1 N–H and O–H groups in total. The van der Waals surface area contributed by atoms with E-state index in [0.29, 0.717) is 6.04 Å². The van der Waals surface area contributed by atoms with Crippen molar-refractivity contribution in [3.8, 4) is 0 Å². The Morgan fingerprint density at radius 2 is 1.95 bits per heavy atom. The average molecular weight is 288 g/mol. The van der Waals surface area contributed by atoms with E-state index in [1.165, 1.54) is 55.6 Å². The second-order valence-corrected chi connectivity index (χ2v) is 6.91. The van der Waals surface area contributed by atoms with Gasteiger partial charge in [-0.25, -0.2) is 0 Å². The summed E-state index contributed by atoms with van der Waals surface area (Å²) >= 11 is 0. The number of hydrogen-bond acceptors (Lipinski definition) is 2. The van der Waals surface area contributed by atoms with Crippen molar-refractivity contribution in [1.29, 1.82) is 0 Å². The van der Waals surface area contributed by atoms with Crippen molar-refractivity contribution < 1.29 is 0 Å². The van der Waals surface area contributed by atoms with Crippen LogP contribution in [0.25, 0.3) is 0 Å². The summed E-state index contributed by atoms with van der Waals surface area (Å²) in [6.45, 7) is 14.0. The Bertz CT molecular complexity index is 433. The molecule has 0 spiro atoms. The summed E-state index contributed by atoms with van der Waals surface area (Å²) in [6, 6.07) is 7.22. The molecule has 1 unspecified atom stereocenters. The summed E-state index contributed by atoms with van der Waals surface area (Å²) in [5.41, 5.74) is 4.19. The summed E-state index contributed by atoms with van der Waals surface area (Å²) in [5.74, 6) is 0.934. The second-order valence-electron chi connectivity index (χ2n) is 6.91. The number of likely N-dealkylation sites (tertiary alicyclic amines) is 1. The van der Waals surface area contributed by atoms with Crippen LogP contribution in [0.1, 0.15) is 55.8 Å². The molecule has 1 atom stereocenters. The Balaban J connectivity index is 1.68. The normalized spacial score (nSPS) is 18.9. The molecule has 1 aliphatic rings. The lowest BCUT2D eigenvalue weighted by Crippen LogP contribution is -2.35. The predicted molar refractivity (Wildman–Crippen MR) is 91.8 cm³/mol. The molecule has 1 aliphatic heterocycles. The summed E-state index contributed by atoms with van der Waals surface area (Å²) < 4.78 is 0. The predicted octanol–water partition coefficient (Wildman–Crippen LogP) is 4.08. The topological polar surface area (TPSA) is 15.3 Å². The standard InChI is InChI=1S/C19H32N2/c1-15-8-12-21(13-9-15)11-5-10-20-18(4)19-7-6-16(2)14-17(19)3/h6-7,14-15,18,20H,5,8-13H2,1-4H3. The highest BCUT2D eigenvalue weighted by Crippen LogP contribution is 2.19. The summed E-state index contributed by atoms with van der Waals surface area (Å²) in [5, 5.41) is 3.68. The van der Waals surface area contributed by atoms with E-state index in [1.54, 1.807) is 0 Å². The summed E-state index contributed by atoms with van der Waals surface area (Å²) in [7, 11) is 0. The van der Waals surface area contributed by atoms with Crippen molar-refractivity contribution in [3.63, 3.8) is 0 Å². The van der Waals surface area contributed by atoms with Gasteiger partial charge in [-0.3, -0.25) is 0 Å². The minimum absolute atomic E-state index is 0.451. The number of nitrogens with one attached hydrogen (secondary N) is 1. The van der Waals surface area contributed by atoms with Crippen molar-refractivity contribution in [3.05, 3.63) is 34.9 Å². The molecule has 1 saturated heterocycles. The molecule has 1 aromatic carbocycles. The van der Waals surface area contributed by atoms with Gasteiger partial charge in [0.2, 0.25) is 0 Å². The highest BCUT2D eigenvalue weighted by molar-refractivity contribution is 5.32. The van der Waals surface area contributed by atoms with Gasteiger partial charge in [0.1, 0.15) is 0 Å². The molecule has 0 radical (unpaired) electrons. The van der Waals surface area contributed by atoms with Crippen molar-refractivity contribution >= 4 is 0 Å². The zero-order chi connectivity index (χ0) is 15.2.